The zero-order chi connectivity index (χ0) is 21.7. The summed E-state index contributed by atoms with van der Waals surface area (Å²) >= 11 is 5.91. The third kappa shape index (κ3) is 5.88. The highest BCUT2D eigenvalue weighted by Crippen LogP contribution is 2.18. The van der Waals surface area contributed by atoms with E-state index in [-0.39, 0.29) is 16.6 Å². The highest BCUT2D eigenvalue weighted by Gasteiger charge is 2.15. The molecule has 0 unspecified atom stereocenters. The molecule has 2 aromatic carbocycles. The molecule has 3 rings (SSSR count). The van der Waals surface area contributed by atoms with Crippen LogP contribution >= 0.6 is 11.6 Å². The Kier molecular flexibility index (Phi) is 6.49. The molecule has 0 atom stereocenters. The minimum absolute atomic E-state index is 0.0453. The van der Waals surface area contributed by atoms with E-state index >= 15 is 0 Å². The lowest BCUT2D eigenvalue weighted by molar-refractivity contribution is -0.111. The number of carbonyl (C=O) groups excluding carboxylic acids is 1. The first kappa shape index (κ1) is 21.5. The van der Waals surface area contributed by atoms with Gasteiger partial charge in [-0.3, -0.25) is 9.52 Å². The van der Waals surface area contributed by atoms with Crippen molar-refractivity contribution in [1.29, 1.82) is 0 Å². The Labute approximate surface area is 179 Å². The second kappa shape index (κ2) is 9.06. The molecular weight excluding hydrogens is 424 g/mol. The van der Waals surface area contributed by atoms with Crippen LogP contribution in [-0.2, 0) is 14.8 Å². The minimum atomic E-state index is -3.82. The fourth-order valence-corrected chi connectivity index (χ4v) is 3.84. The van der Waals surface area contributed by atoms with Crippen molar-refractivity contribution in [1.82, 2.24) is 9.97 Å². The molecule has 1 aromatic heterocycles. The molecule has 0 fully saturated rings. The molecule has 9 heteroatoms. The van der Waals surface area contributed by atoms with Crippen molar-refractivity contribution in [2.45, 2.75) is 18.7 Å². The number of aromatic nitrogens is 2. The zero-order valence-electron chi connectivity index (χ0n) is 16.3. The number of aryl methyl sites for hydroxylation is 2. The Morgan fingerprint density at radius 2 is 1.77 bits per heavy atom. The van der Waals surface area contributed by atoms with Crippen molar-refractivity contribution in [2.75, 3.05) is 10.0 Å². The van der Waals surface area contributed by atoms with Crippen LogP contribution < -0.4 is 10.0 Å². The summed E-state index contributed by atoms with van der Waals surface area (Å²) in [5.41, 5.74) is 1.91. The second-order valence-electron chi connectivity index (χ2n) is 6.45. The fraction of sp³-hybridized carbons (Fsp3) is 0.0952. The molecule has 7 nitrogen and oxygen atoms in total. The molecule has 0 aliphatic heterocycles. The molecule has 0 aliphatic rings. The molecule has 0 bridgehead atoms. The van der Waals surface area contributed by atoms with E-state index in [9.17, 15) is 13.2 Å². The zero-order valence-corrected chi connectivity index (χ0v) is 17.8. The van der Waals surface area contributed by atoms with Crippen LogP contribution in [0.25, 0.3) is 6.08 Å². The van der Waals surface area contributed by atoms with Crippen LogP contribution in [0.4, 0.5) is 11.5 Å². The van der Waals surface area contributed by atoms with Gasteiger partial charge in [0.1, 0.15) is 11.6 Å². The first-order valence-electron chi connectivity index (χ1n) is 8.91. The molecule has 1 heterocycles. The molecule has 0 saturated carbocycles. The van der Waals surface area contributed by atoms with Crippen molar-refractivity contribution in [2.24, 2.45) is 0 Å². The average molecular weight is 443 g/mol. The third-order valence-electron chi connectivity index (χ3n) is 3.91. The minimum Gasteiger partial charge on any atom is -0.323 e. The van der Waals surface area contributed by atoms with Gasteiger partial charge in [-0.15, -0.1) is 0 Å². The lowest BCUT2D eigenvalue weighted by Gasteiger charge is -2.09. The standard InChI is InChI=1S/C21H19ClN4O3S/c1-14-12-20(24-15(2)23-14)26-30(28,29)19-9-7-18(8-10-19)25-21(27)11-6-16-4-3-5-17(22)13-16/h3-13H,1-2H3,(H,25,27)(H,23,24,26)/b11-6+. The van der Waals surface area contributed by atoms with Crippen molar-refractivity contribution >= 4 is 45.1 Å². The Morgan fingerprint density at radius 1 is 1.03 bits per heavy atom. The number of rotatable bonds is 6. The van der Waals surface area contributed by atoms with E-state index in [1.807, 2.05) is 6.07 Å². The summed E-state index contributed by atoms with van der Waals surface area (Å²) in [6.45, 7) is 3.44. The van der Waals surface area contributed by atoms with Gasteiger partial charge < -0.3 is 5.32 Å². The summed E-state index contributed by atoms with van der Waals surface area (Å²) in [6, 6.07) is 14.5. The maximum atomic E-state index is 12.6. The van der Waals surface area contributed by atoms with Gasteiger partial charge in [0.05, 0.1) is 4.90 Å². The number of benzene rings is 2. The van der Waals surface area contributed by atoms with Gasteiger partial charge in [-0.1, -0.05) is 23.7 Å². The van der Waals surface area contributed by atoms with E-state index < -0.39 is 10.0 Å². The summed E-state index contributed by atoms with van der Waals surface area (Å²) in [7, 11) is -3.82. The topological polar surface area (TPSA) is 101 Å². The molecule has 0 radical (unpaired) electrons. The largest absolute Gasteiger partial charge is 0.323 e. The average Bonchev–Trinajstić information content (AvgIpc) is 2.66. The van der Waals surface area contributed by atoms with Gasteiger partial charge in [0.25, 0.3) is 10.0 Å². The maximum absolute atomic E-state index is 12.6. The number of hydrogen-bond donors (Lipinski definition) is 2. The highest BCUT2D eigenvalue weighted by molar-refractivity contribution is 7.92. The summed E-state index contributed by atoms with van der Waals surface area (Å²) in [6.07, 6.45) is 3.01. The lowest BCUT2D eigenvalue weighted by Crippen LogP contribution is -2.15. The Hall–Kier alpha value is -3.23. The molecule has 154 valence electrons. The van der Waals surface area contributed by atoms with Gasteiger partial charge in [0.15, 0.2) is 0 Å². The van der Waals surface area contributed by atoms with Crippen molar-refractivity contribution in [3.05, 3.63) is 82.8 Å². The predicted molar refractivity (Wildman–Crippen MR) is 118 cm³/mol. The monoisotopic (exact) mass is 442 g/mol. The molecule has 2 N–H and O–H groups in total. The summed E-state index contributed by atoms with van der Waals surface area (Å²) in [4.78, 5) is 20.3. The predicted octanol–water partition coefficient (Wildman–Crippen LogP) is 4.20. The molecule has 0 spiro atoms. The number of halogens is 1. The van der Waals surface area contributed by atoms with Gasteiger partial charge in [0.2, 0.25) is 5.91 Å². The second-order valence-corrected chi connectivity index (χ2v) is 8.57. The first-order valence-corrected chi connectivity index (χ1v) is 10.8. The normalized spacial score (nSPS) is 11.4. The molecular formula is C21H19ClN4O3S. The quantitative estimate of drug-likeness (QED) is 0.557. The number of nitrogens with one attached hydrogen (secondary N) is 2. The number of sulfonamides is 1. The number of anilines is 2. The Bertz CT molecular complexity index is 1190. The van der Waals surface area contributed by atoms with Crippen LogP contribution in [0.3, 0.4) is 0 Å². The maximum Gasteiger partial charge on any atom is 0.263 e. The van der Waals surface area contributed by atoms with E-state index in [4.69, 9.17) is 11.6 Å². The van der Waals surface area contributed by atoms with E-state index in [1.165, 1.54) is 30.3 Å². The molecule has 0 aliphatic carbocycles. The summed E-state index contributed by atoms with van der Waals surface area (Å²) in [5, 5.41) is 3.25. The van der Waals surface area contributed by atoms with E-state index in [0.29, 0.717) is 22.2 Å². The third-order valence-corrected chi connectivity index (χ3v) is 5.52. The van der Waals surface area contributed by atoms with Gasteiger partial charge in [-0.2, -0.15) is 0 Å². The molecule has 3 aromatic rings. The van der Waals surface area contributed by atoms with Crippen molar-refractivity contribution in [3.8, 4) is 0 Å². The molecule has 1 amide bonds. The van der Waals surface area contributed by atoms with Gasteiger partial charge >= 0.3 is 0 Å². The van der Waals surface area contributed by atoms with E-state index in [2.05, 4.69) is 20.0 Å². The van der Waals surface area contributed by atoms with Crippen LogP contribution in [0.2, 0.25) is 5.02 Å². The van der Waals surface area contributed by atoms with Crippen LogP contribution in [0.1, 0.15) is 17.1 Å². The van der Waals surface area contributed by atoms with Crippen molar-refractivity contribution in [3.63, 3.8) is 0 Å². The number of nitrogens with zero attached hydrogens (tertiary/aromatic N) is 2. The fourth-order valence-electron chi connectivity index (χ4n) is 2.65. The Balaban J connectivity index is 1.67. The molecule has 0 saturated heterocycles. The summed E-state index contributed by atoms with van der Waals surface area (Å²) in [5.74, 6) is 0.316. The van der Waals surface area contributed by atoms with Crippen molar-refractivity contribution < 1.29 is 13.2 Å². The Morgan fingerprint density at radius 3 is 2.43 bits per heavy atom. The van der Waals surface area contributed by atoms with Gasteiger partial charge in [0, 0.05) is 28.5 Å². The van der Waals surface area contributed by atoms with Gasteiger partial charge in [-0.25, -0.2) is 18.4 Å². The first-order chi connectivity index (χ1) is 14.2. The smallest absolute Gasteiger partial charge is 0.263 e. The van der Waals surface area contributed by atoms with Crippen LogP contribution in [-0.4, -0.2) is 24.3 Å². The van der Waals surface area contributed by atoms with Crippen LogP contribution in [0, 0.1) is 13.8 Å². The SMILES string of the molecule is Cc1cc(NS(=O)(=O)c2ccc(NC(=O)/C=C/c3cccc(Cl)c3)cc2)nc(C)n1. The highest BCUT2D eigenvalue weighted by atomic mass is 35.5. The van der Waals surface area contributed by atoms with Gasteiger partial charge in [-0.05, 0) is 61.9 Å². The lowest BCUT2D eigenvalue weighted by atomic mass is 10.2. The van der Waals surface area contributed by atoms with E-state index in [1.54, 1.807) is 44.2 Å². The number of amides is 1. The number of carbonyl (C=O) groups is 1. The summed E-state index contributed by atoms with van der Waals surface area (Å²) < 4.78 is 27.6. The van der Waals surface area contributed by atoms with E-state index in [0.717, 1.165) is 5.56 Å². The number of hydrogen-bond acceptors (Lipinski definition) is 5. The van der Waals surface area contributed by atoms with Crippen LogP contribution in [0.5, 0.6) is 0 Å². The molecule has 30 heavy (non-hydrogen) atoms. The van der Waals surface area contributed by atoms with Crippen LogP contribution in [0.15, 0.2) is 65.6 Å².